The molecule has 4 rings (SSSR count). The van der Waals surface area contributed by atoms with E-state index in [1.54, 1.807) is 6.07 Å². The number of fused-ring (bicyclic) bond motifs is 1. The Balaban J connectivity index is 1.41. The Hall–Kier alpha value is -2.73. The third kappa shape index (κ3) is 3.64. The second-order valence-electron chi connectivity index (χ2n) is 7.03. The highest BCUT2D eigenvalue weighted by Crippen LogP contribution is 2.31. The van der Waals surface area contributed by atoms with Crippen molar-refractivity contribution >= 4 is 34.8 Å². The van der Waals surface area contributed by atoms with E-state index in [2.05, 4.69) is 11.8 Å². The van der Waals surface area contributed by atoms with Crippen molar-refractivity contribution in [1.82, 2.24) is 4.90 Å². The fourth-order valence-electron chi connectivity index (χ4n) is 3.68. The van der Waals surface area contributed by atoms with Gasteiger partial charge in [0.1, 0.15) is 12.3 Å². The van der Waals surface area contributed by atoms with Crippen LogP contribution in [0.4, 0.5) is 11.4 Å². The second kappa shape index (κ2) is 7.72. The zero-order valence-corrected chi connectivity index (χ0v) is 16.5. The molecule has 0 spiro atoms. The van der Waals surface area contributed by atoms with Crippen LogP contribution in [0.2, 0.25) is 5.02 Å². The van der Waals surface area contributed by atoms with Crippen LogP contribution < -0.4 is 14.5 Å². The predicted octanol–water partition coefficient (Wildman–Crippen LogP) is 2.72. The van der Waals surface area contributed by atoms with Gasteiger partial charge in [0.25, 0.3) is 5.91 Å². The molecule has 7 heteroatoms. The topological polar surface area (TPSA) is 53.1 Å². The van der Waals surface area contributed by atoms with Crippen molar-refractivity contribution in [3.05, 3.63) is 53.1 Å². The maximum Gasteiger partial charge on any atom is 0.265 e. The van der Waals surface area contributed by atoms with E-state index in [9.17, 15) is 9.59 Å². The molecule has 0 N–H and O–H groups in total. The van der Waals surface area contributed by atoms with Gasteiger partial charge in [-0.2, -0.15) is 0 Å². The molecule has 0 atom stereocenters. The number of amides is 2. The number of hydrogen-bond acceptors (Lipinski definition) is 4. The first-order valence-electron chi connectivity index (χ1n) is 9.34. The Morgan fingerprint density at radius 2 is 1.82 bits per heavy atom. The average Bonchev–Trinajstić information content (AvgIpc) is 2.72. The first-order chi connectivity index (χ1) is 13.5. The van der Waals surface area contributed by atoms with Crippen molar-refractivity contribution in [3.63, 3.8) is 0 Å². The number of halogens is 1. The minimum Gasteiger partial charge on any atom is -0.482 e. The highest BCUT2D eigenvalue weighted by Gasteiger charge is 2.30. The van der Waals surface area contributed by atoms with Crippen LogP contribution >= 0.6 is 11.6 Å². The number of piperazine rings is 1. The van der Waals surface area contributed by atoms with Gasteiger partial charge in [-0.15, -0.1) is 0 Å². The Morgan fingerprint density at radius 1 is 1.07 bits per heavy atom. The lowest BCUT2D eigenvalue weighted by atomic mass is 10.1. The lowest BCUT2D eigenvalue weighted by Crippen LogP contribution is -2.53. The molecule has 2 aliphatic rings. The molecule has 1 saturated heterocycles. The van der Waals surface area contributed by atoms with Crippen molar-refractivity contribution < 1.29 is 14.3 Å². The van der Waals surface area contributed by atoms with Crippen LogP contribution in [0.3, 0.4) is 0 Å². The van der Waals surface area contributed by atoms with E-state index in [1.807, 2.05) is 41.3 Å². The van der Waals surface area contributed by atoms with Gasteiger partial charge in [0.15, 0.2) is 6.61 Å². The first-order valence-corrected chi connectivity index (χ1v) is 9.72. The fourth-order valence-corrected chi connectivity index (χ4v) is 3.85. The van der Waals surface area contributed by atoms with Crippen LogP contribution in [0.5, 0.6) is 5.75 Å². The van der Waals surface area contributed by atoms with E-state index in [4.69, 9.17) is 16.3 Å². The maximum absolute atomic E-state index is 12.8. The molecule has 0 aliphatic carbocycles. The maximum atomic E-state index is 12.8. The van der Waals surface area contributed by atoms with Gasteiger partial charge < -0.3 is 14.5 Å². The lowest BCUT2D eigenvalue weighted by Gasteiger charge is -2.38. The van der Waals surface area contributed by atoms with Crippen molar-refractivity contribution in [1.29, 1.82) is 0 Å². The van der Waals surface area contributed by atoms with Crippen LogP contribution in [0.25, 0.3) is 0 Å². The monoisotopic (exact) mass is 399 g/mol. The first kappa shape index (κ1) is 18.6. The van der Waals surface area contributed by atoms with E-state index < -0.39 is 0 Å². The number of benzene rings is 2. The molecule has 0 saturated carbocycles. The molecule has 146 valence electrons. The Morgan fingerprint density at radius 3 is 2.61 bits per heavy atom. The van der Waals surface area contributed by atoms with Crippen LogP contribution in [-0.2, 0) is 9.59 Å². The third-order valence-corrected chi connectivity index (χ3v) is 5.48. The molecule has 2 amide bonds. The standard InChI is InChI=1S/C21H22ClN3O3/c1-15-6-7-16(22)12-18(15)23-8-10-24(11-9-23)20(26)13-25-17-4-2-3-5-19(17)28-14-21(25)27/h2-7,12H,8-11,13-14H2,1H3. The van der Waals surface area contributed by atoms with Crippen LogP contribution in [0, 0.1) is 6.92 Å². The van der Waals surface area contributed by atoms with Crippen LogP contribution in [-0.4, -0.2) is 56.0 Å². The van der Waals surface area contributed by atoms with E-state index in [0.29, 0.717) is 29.5 Å². The largest absolute Gasteiger partial charge is 0.482 e. The molecular weight excluding hydrogens is 378 g/mol. The van der Waals surface area contributed by atoms with Gasteiger partial charge in [0, 0.05) is 36.9 Å². The third-order valence-electron chi connectivity index (χ3n) is 5.25. The minimum atomic E-state index is -0.194. The summed E-state index contributed by atoms with van der Waals surface area (Å²) in [7, 11) is 0. The smallest absolute Gasteiger partial charge is 0.265 e. The van der Waals surface area contributed by atoms with Crippen molar-refractivity contribution in [3.8, 4) is 5.75 Å². The Labute approximate surface area is 169 Å². The van der Waals surface area contributed by atoms with Crippen molar-refractivity contribution in [2.45, 2.75) is 6.92 Å². The minimum absolute atomic E-state index is 0.0356. The molecule has 2 aromatic rings. The number of aryl methyl sites for hydroxylation is 1. The number of carbonyl (C=O) groups excluding carboxylic acids is 2. The van der Waals surface area contributed by atoms with Gasteiger partial charge >= 0.3 is 0 Å². The van der Waals surface area contributed by atoms with E-state index in [-0.39, 0.29) is 25.0 Å². The molecule has 0 radical (unpaired) electrons. The molecule has 2 aliphatic heterocycles. The predicted molar refractivity (Wildman–Crippen MR) is 109 cm³/mol. The molecular formula is C21H22ClN3O3. The summed E-state index contributed by atoms with van der Waals surface area (Å²) in [6.07, 6.45) is 0. The highest BCUT2D eigenvalue weighted by atomic mass is 35.5. The van der Waals surface area contributed by atoms with Gasteiger partial charge in [-0.1, -0.05) is 29.8 Å². The van der Waals surface area contributed by atoms with Gasteiger partial charge in [-0.3, -0.25) is 14.5 Å². The van der Waals surface area contributed by atoms with Crippen LogP contribution in [0.1, 0.15) is 5.56 Å². The lowest BCUT2D eigenvalue weighted by molar-refractivity contribution is -0.132. The number of hydrogen-bond donors (Lipinski definition) is 0. The van der Waals surface area contributed by atoms with E-state index in [0.717, 1.165) is 18.8 Å². The second-order valence-corrected chi connectivity index (χ2v) is 7.47. The average molecular weight is 400 g/mol. The van der Waals surface area contributed by atoms with Gasteiger partial charge in [-0.05, 0) is 36.8 Å². The van der Waals surface area contributed by atoms with E-state index in [1.165, 1.54) is 10.5 Å². The summed E-state index contributed by atoms with van der Waals surface area (Å²) in [6, 6.07) is 13.2. The highest BCUT2D eigenvalue weighted by molar-refractivity contribution is 6.30. The Bertz CT molecular complexity index is 910. The molecule has 2 heterocycles. The van der Waals surface area contributed by atoms with E-state index >= 15 is 0 Å². The van der Waals surface area contributed by atoms with Gasteiger partial charge in [0.2, 0.25) is 5.91 Å². The van der Waals surface area contributed by atoms with Crippen LogP contribution in [0.15, 0.2) is 42.5 Å². The molecule has 28 heavy (non-hydrogen) atoms. The molecule has 0 bridgehead atoms. The SMILES string of the molecule is Cc1ccc(Cl)cc1N1CCN(C(=O)CN2C(=O)COc3ccccc32)CC1. The number of anilines is 2. The fraction of sp³-hybridized carbons (Fsp3) is 0.333. The number of rotatable bonds is 3. The number of para-hydroxylation sites is 2. The molecule has 6 nitrogen and oxygen atoms in total. The number of ether oxygens (including phenoxy) is 1. The quantitative estimate of drug-likeness (QED) is 0.796. The summed E-state index contributed by atoms with van der Waals surface area (Å²) >= 11 is 6.14. The zero-order valence-electron chi connectivity index (χ0n) is 15.7. The zero-order chi connectivity index (χ0) is 19.7. The summed E-state index contributed by atoms with van der Waals surface area (Å²) in [6.45, 7) is 4.77. The normalized spacial score (nSPS) is 16.6. The Kier molecular flexibility index (Phi) is 5.13. The number of nitrogens with zero attached hydrogens (tertiary/aromatic N) is 3. The van der Waals surface area contributed by atoms with Crippen molar-refractivity contribution in [2.75, 3.05) is 49.1 Å². The summed E-state index contributed by atoms with van der Waals surface area (Å²) in [5.74, 6) is 0.393. The molecule has 0 unspecified atom stereocenters. The summed E-state index contributed by atoms with van der Waals surface area (Å²) in [4.78, 5) is 30.7. The molecule has 2 aromatic carbocycles. The number of carbonyl (C=O) groups is 2. The summed E-state index contributed by atoms with van der Waals surface area (Å²) < 4.78 is 5.44. The molecule has 0 aromatic heterocycles. The van der Waals surface area contributed by atoms with Gasteiger partial charge in [0.05, 0.1) is 5.69 Å². The van der Waals surface area contributed by atoms with Crippen molar-refractivity contribution in [2.24, 2.45) is 0 Å². The summed E-state index contributed by atoms with van der Waals surface area (Å²) in [5, 5.41) is 0.712. The summed E-state index contributed by atoms with van der Waals surface area (Å²) in [5.41, 5.74) is 2.93. The van der Waals surface area contributed by atoms with Gasteiger partial charge in [-0.25, -0.2) is 0 Å². The molecule has 1 fully saturated rings.